The Morgan fingerprint density at radius 3 is 2.84 bits per heavy atom. The van der Waals surface area contributed by atoms with Crippen molar-refractivity contribution in [1.29, 1.82) is 0 Å². The standard InChI is InChI=1S/C19H24O6/c1-2-3-4-5-6-7-12-24-18-17(21)16-14(23-13-11-20)9-8-10-15(16)25-19(18)22/h7-10,12,20-21H,2-6,11,13H2,1H3/b12-7+. The molecule has 0 radical (unpaired) electrons. The van der Waals surface area contributed by atoms with E-state index in [-0.39, 0.29) is 35.7 Å². The van der Waals surface area contributed by atoms with Crippen molar-refractivity contribution >= 4 is 11.0 Å². The van der Waals surface area contributed by atoms with Gasteiger partial charge in [-0.05, 0) is 31.1 Å². The Hall–Kier alpha value is -2.47. The zero-order valence-electron chi connectivity index (χ0n) is 14.4. The molecular weight excluding hydrogens is 324 g/mol. The third-order valence-electron chi connectivity index (χ3n) is 3.68. The summed E-state index contributed by atoms with van der Waals surface area (Å²) in [5, 5.41) is 19.6. The number of fused-ring (bicyclic) bond motifs is 1. The second-order valence-electron chi connectivity index (χ2n) is 5.61. The molecule has 2 N–H and O–H groups in total. The fourth-order valence-corrected chi connectivity index (χ4v) is 2.44. The van der Waals surface area contributed by atoms with Crippen molar-refractivity contribution < 1.29 is 24.1 Å². The summed E-state index contributed by atoms with van der Waals surface area (Å²) < 4.78 is 15.9. The van der Waals surface area contributed by atoms with Crippen LogP contribution in [0.15, 0.2) is 39.7 Å². The summed E-state index contributed by atoms with van der Waals surface area (Å²) in [4.78, 5) is 12.0. The number of ether oxygens (including phenoxy) is 2. The maximum absolute atomic E-state index is 12.0. The number of hydrogen-bond acceptors (Lipinski definition) is 6. The van der Waals surface area contributed by atoms with Crippen molar-refractivity contribution in [2.75, 3.05) is 13.2 Å². The van der Waals surface area contributed by atoms with Crippen LogP contribution < -0.4 is 15.1 Å². The van der Waals surface area contributed by atoms with Crippen LogP contribution in [0.25, 0.3) is 11.0 Å². The molecule has 0 aliphatic carbocycles. The van der Waals surface area contributed by atoms with E-state index in [1.807, 2.05) is 6.08 Å². The van der Waals surface area contributed by atoms with Gasteiger partial charge in [0.15, 0.2) is 5.75 Å². The van der Waals surface area contributed by atoms with Gasteiger partial charge in [-0.15, -0.1) is 0 Å². The molecule has 6 heteroatoms. The van der Waals surface area contributed by atoms with Gasteiger partial charge in [0.25, 0.3) is 5.75 Å². The largest absolute Gasteiger partial charge is 0.503 e. The molecule has 1 aromatic heterocycles. The lowest BCUT2D eigenvalue weighted by Gasteiger charge is -2.10. The topological polar surface area (TPSA) is 89.1 Å². The number of unbranched alkanes of at least 4 members (excludes halogenated alkanes) is 4. The Morgan fingerprint density at radius 1 is 1.24 bits per heavy atom. The molecule has 0 atom stereocenters. The molecule has 0 saturated carbocycles. The molecule has 25 heavy (non-hydrogen) atoms. The highest BCUT2D eigenvalue weighted by Crippen LogP contribution is 2.37. The maximum atomic E-state index is 12.0. The van der Waals surface area contributed by atoms with E-state index >= 15 is 0 Å². The van der Waals surface area contributed by atoms with Crippen molar-refractivity contribution in [2.24, 2.45) is 0 Å². The Kier molecular flexibility index (Phi) is 7.35. The first-order valence-corrected chi connectivity index (χ1v) is 8.53. The van der Waals surface area contributed by atoms with E-state index in [2.05, 4.69) is 6.92 Å². The zero-order valence-corrected chi connectivity index (χ0v) is 14.4. The number of aromatic hydroxyl groups is 1. The molecule has 0 aliphatic heterocycles. The highest BCUT2D eigenvalue weighted by atomic mass is 16.5. The van der Waals surface area contributed by atoms with E-state index in [1.54, 1.807) is 18.2 Å². The normalized spacial score (nSPS) is 11.3. The lowest BCUT2D eigenvalue weighted by molar-refractivity contribution is 0.202. The third-order valence-corrected chi connectivity index (χ3v) is 3.68. The van der Waals surface area contributed by atoms with E-state index in [1.165, 1.54) is 19.1 Å². The van der Waals surface area contributed by atoms with Gasteiger partial charge in [-0.2, -0.15) is 0 Å². The first-order valence-electron chi connectivity index (χ1n) is 8.53. The van der Waals surface area contributed by atoms with Gasteiger partial charge in [0.2, 0.25) is 0 Å². The molecule has 0 aliphatic rings. The van der Waals surface area contributed by atoms with Crippen LogP contribution in [-0.2, 0) is 0 Å². The fourth-order valence-electron chi connectivity index (χ4n) is 2.44. The third kappa shape index (κ3) is 5.00. The fraction of sp³-hybridized carbons (Fsp3) is 0.421. The quantitative estimate of drug-likeness (QED) is 0.386. The maximum Gasteiger partial charge on any atom is 0.383 e. The van der Waals surface area contributed by atoms with Gasteiger partial charge in [0, 0.05) is 0 Å². The molecule has 0 fully saturated rings. The minimum atomic E-state index is -0.764. The molecule has 1 heterocycles. The summed E-state index contributed by atoms with van der Waals surface area (Å²) in [6, 6.07) is 4.80. The number of benzene rings is 1. The van der Waals surface area contributed by atoms with E-state index < -0.39 is 5.63 Å². The van der Waals surface area contributed by atoms with Crippen LogP contribution in [0.5, 0.6) is 17.2 Å². The monoisotopic (exact) mass is 348 g/mol. The highest BCUT2D eigenvalue weighted by Gasteiger charge is 2.18. The smallest absolute Gasteiger partial charge is 0.383 e. The van der Waals surface area contributed by atoms with Gasteiger partial charge in [0.05, 0.1) is 12.9 Å². The van der Waals surface area contributed by atoms with Gasteiger partial charge < -0.3 is 24.1 Å². The molecule has 2 rings (SSSR count). The minimum absolute atomic E-state index is 0.0610. The predicted octanol–water partition coefficient (Wildman–Crippen LogP) is 3.73. The summed E-state index contributed by atoms with van der Waals surface area (Å²) in [7, 11) is 0. The minimum Gasteiger partial charge on any atom is -0.503 e. The van der Waals surface area contributed by atoms with Crippen molar-refractivity contribution in [2.45, 2.75) is 39.0 Å². The van der Waals surface area contributed by atoms with Gasteiger partial charge >= 0.3 is 5.63 Å². The molecule has 136 valence electrons. The molecule has 0 spiro atoms. The Morgan fingerprint density at radius 2 is 2.08 bits per heavy atom. The second-order valence-corrected chi connectivity index (χ2v) is 5.61. The van der Waals surface area contributed by atoms with Crippen LogP contribution >= 0.6 is 0 Å². The van der Waals surface area contributed by atoms with Gasteiger partial charge in [-0.25, -0.2) is 4.79 Å². The molecule has 0 saturated heterocycles. The van der Waals surface area contributed by atoms with Crippen LogP contribution in [0.3, 0.4) is 0 Å². The lowest BCUT2D eigenvalue weighted by atomic mass is 10.1. The van der Waals surface area contributed by atoms with Gasteiger partial charge in [-0.3, -0.25) is 0 Å². The van der Waals surface area contributed by atoms with Crippen molar-refractivity contribution in [1.82, 2.24) is 0 Å². The SMILES string of the molecule is CCCCCC/C=C/Oc1c(O)c2c(OCCO)cccc2oc1=O. The van der Waals surface area contributed by atoms with Crippen LogP contribution in [0.4, 0.5) is 0 Å². The molecule has 0 bridgehead atoms. The van der Waals surface area contributed by atoms with E-state index in [4.69, 9.17) is 19.0 Å². The Bertz CT molecular complexity index is 762. The molecule has 0 unspecified atom stereocenters. The summed E-state index contributed by atoms with van der Waals surface area (Å²) in [5.41, 5.74) is -0.575. The van der Waals surface area contributed by atoms with Gasteiger partial charge in [0.1, 0.15) is 23.3 Å². The van der Waals surface area contributed by atoms with Gasteiger partial charge in [-0.1, -0.05) is 32.3 Å². The van der Waals surface area contributed by atoms with Crippen molar-refractivity contribution in [3.8, 4) is 17.2 Å². The first kappa shape index (κ1) is 18.9. The van der Waals surface area contributed by atoms with E-state index in [0.29, 0.717) is 5.75 Å². The second kappa shape index (κ2) is 9.74. The number of aliphatic hydroxyl groups is 1. The molecule has 6 nitrogen and oxygen atoms in total. The van der Waals surface area contributed by atoms with E-state index in [0.717, 1.165) is 19.3 Å². The average molecular weight is 348 g/mol. The molecule has 0 amide bonds. The molecular formula is C19H24O6. The van der Waals surface area contributed by atoms with Crippen LogP contribution in [0.2, 0.25) is 0 Å². The zero-order chi connectivity index (χ0) is 18.1. The molecule has 1 aromatic carbocycles. The number of hydrogen-bond donors (Lipinski definition) is 2. The summed E-state index contributed by atoms with van der Waals surface area (Å²) in [6.07, 6.45) is 8.60. The van der Waals surface area contributed by atoms with Crippen LogP contribution in [-0.4, -0.2) is 23.4 Å². The lowest BCUT2D eigenvalue weighted by Crippen LogP contribution is -2.06. The van der Waals surface area contributed by atoms with Crippen LogP contribution in [0.1, 0.15) is 39.0 Å². The highest BCUT2D eigenvalue weighted by molar-refractivity contribution is 5.91. The first-order chi connectivity index (χ1) is 12.2. The van der Waals surface area contributed by atoms with Crippen molar-refractivity contribution in [3.63, 3.8) is 0 Å². The predicted molar refractivity (Wildman–Crippen MR) is 95.3 cm³/mol. The molecule has 2 aromatic rings. The van der Waals surface area contributed by atoms with E-state index in [9.17, 15) is 9.90 Å². The number of aliphatic hydroxyl groups excluding tert-OH is 1. The summed E-state index contributed by atoms with van der Waals surface area (Å²) in [5.74, 6) is -0.311. The number of allylic oxidation sites excluding steroid dienone is 1. The Balaban J connectivity index is 2.19. The van der Waals surface area contributed by atoms with Crippen molar-refractivity contribution in [3.05, 3.63) is 41.0 Å². The van der Waals surface area contributed by atoms with Crippen LogP contribution in [0, 0.1) is 0 Å². The average Bonchev–Trinajstić information content (AvgIpc) is 2.61. The summed E-state index contributed by atoms with van der Waals surface area (Å²) in [6.45, 7) is 2.04. The summed E-state index contributed by atoms with van der Waals surface area (Å²) >= 11 is 0. The number of rotatable bonds is 10. The Labute approximate surface area is 146 Å².